The van der Waals surface area contributed by atoms with Crippen molar-refractivity contribution in [2.75, 3.05) is 7.11 Å². The predicted molar refractivity (Wildman–Crippen MR) is 89.3 cm³/mol. The van der Waals surface area contributed by atoms with Crippen molar-refractivity contribution in [3.8, 4) is 0 Å². The van der Waals surface area contributed by atoms with Gasteiger partial charge in [0.1, 0.15) is 0 Å². The number of amides is 1. The Bertz CT molecular complexity index is 663. The first-order chi connectivity index (χ1) is 10.8. The lowest BCUT2D eigenvalue weighted by atomic mass is 9.95. The smallest absolute Gasteiger partial charge is 0.252 e. The summed E-state index contributed by atoms with van der Waals surface area (Å²) >= 11 is 1.73. The van der Waals surface area contributed by atoms with Gasteiger partial charge in [-0.05, 0) is 42.4 Å². The van der Waals surface area contributed by atoms with Crippen LogP contribution in [0.5, 0.6) is 0 Å². The number of rotatable bonds is 5. The molecule has 4 heteroatoms. The van der Waals surface area contributed by atoms with Crippen LogP contribution >= 0.6 is 11.3 Å². The quantitative estimate of drug-likeness (QED) is 0.913. The lowest BCUT2D eigenvalue weighted by molar-refractivity contribution is 0.0949. The van der Waals surface area contributed by atoms with Gasteiger partial charge < -0.3 is 10.1 Å². The number of aryl methyl sites for hydroxylation is 1. The second-order valence-corrected chi connectivity index (χ2v) is 6.61. The molecule has 1 amide bonds. The van der Waals surface area contributed by atoms with Crippen LogP contribution in [0.2, 0.25) is 0 Å². The summed E-state index contributed by atoms with van der Waals surface area (Å²) in [5.41, 5.74) is 4.39. The Morgan fingerprint density at radius 1 is 1.23 bits per heavy atom. The van der Waals surface area contributed by atoms with Gasteiger partial charge in [0.15, 0.2) is 0 Å². The molecule has 0 bridgehead atoms. The number of benzene rings is 1. The van der Waals surface area contributed by atoms with Crippen LogP contribution in [0.15, 0.2) is 29.6 Å². The van der Waals surface area contributed by atoms with Gasteiger partial charge in [-0.25, -0.2) is 0 Å². The van der Waals surface area contributed by atoms with Gasteiger partial charge in [-0.1, -0.05) is 24.3 Å². The van der Waals surface area contributed by atoms with E-state index in [9.17, 15) is 4.79 Å². The minimum atomic E-state index is 0.0478. The summed E-state index contributed by atoms with van der Waals surface area (Å²) in [5.74, 6) is 0.0478. The molecule has 116 valence electrons. The van der Waals surface area contributed by atoms with E-state index in [-0.39, 0.29) is 5.91 Å². The Morgan fingerprint density at radius 2 is 2.00 bits per heavy atom. The number of methoxy groups -OCH3 is 1. The Labute approximate surface area is 135 Å². The molecule has 0 aliphatic heterocycles. The first-order valence-electron chi connectivity index (χ1n) is 7.72. The molecule has 0 radical (unpaired) electrons. The normalized spacial score (nSPS) is 13.7. The van der Waals surface area contributed by atoms with Crippen molar-refractivity contribution < 1.29 is 9.53 Å². The first-order valence-corrected chi connectivity index (χ1v) is 8.60. The molecule has 1 N–H and O–H groups in total. The van der Waals surface area contributed by atoms with E-state index in [2.05, 4.69) is 5.32 Å². The third kappa shape index (κ3) is 3.23. The topological polar surface area (TPSA) is 38.3 Å². The summed E-state index contributed by atoms with van der Waals surface area (Å²) in [5, 5.41) is 5.08. The Kier molecular flexibility index (Phi) is 4.90. The summed E-state index contributed by atoms with van der Waals surface area (Å²) in [4.78, 5) is 13.9. The summed E-state index contributed by atoms with van der Waals surface area (Å²) < 4.78 is 5.21. The molecule has 0 atom stereocenters. The van der Waals surface area contributed by atoms with Gasteiger partial charge in [0.25, 0.3) is 5.91 Å². The zero-order valence-electron chi connectivity index (χ0n) is 12.9. The van der Waals surface area contributed by atoms with E-state index in [0.29, 0.717) is 13.2 Å². The van der Waals surface area contributed by atoms with Crippen molar-refractivity contribution >= 4 is 17.2 Å². The van der Waals surface area contributed by atoms with Gasteiger partial charge in [-0.2, -0.15) is 0 Å². The average molecular weight is 315 g/mol. The molecular weight excluding hydrogens is 294 g/mol. The van der Waals surface area contributed by atoms with Crippen LogP contribution in [0.4, 0.5) is 0 Å². The van der Waals surface area contributed by atoms with Gasteiger partial charge in [-0.15, -0.1) is 11.3 Å². The molecule has 0 unspecified atom stereocenters. The highest BCUT2D eigenvalue weighted by molar-refractivity contribution is 7.10. The SMILES string of the molecule is COCc1ccccc1CNC(=O)c1csc2c1CCCC2. The van der Waals surface area contributed by atoms with Crippen LogP contribution in [-0.4, -0.2) is 13.0 Å². The number of carbonyl (C=O) groups is 1. The highest BCUT2D eigenvalue weighted by Gasteiger charge is 2.19. The van der Waals surface area contributed by atoms with E-state index in [1.165, 1.54) is 23.3 Å². The summed E-state index contributed by atoms with van der Waals surface area (Å²) in [7, 11) is 1.69. The molecule has 0 spiro atoms. The summed E-state index contributed by atoms with van der Waals surface area (Å²) in [6.45, 7) is 1.11. The van der Waals surface area contributed by atoms with Crippen LogP contribution in [0.25, 0.3) is 0 Å². The second-order valence-electron chi connectivity index (χ2n) is 5.64. The predicted octanol–water partition coefficient (Wildman–Crippen LogP) is 3.70. The first kappa shape index (κ1) is 15.3. The van der Waals surface area contributed by atoms with E-state index in [1.54, 1.807) is 18.4 Å². The van der Waals surface area contributed by atoms with Crippen LogP contribution in [0.1, 0.15) is 44.8 Å². The molecule has 2 aromatic rings. The molecule has 1 heterocycles. The number of hydrogen-bond donors (Lipinski definition) is 1. The van der Waals surface area contributed by atoms with E-state index in [0.717, 1.165) is 29.5 Å². The van der Waals surface area contributed by atoms with Gasteiger partial charge in [0, 0.05) is 23.9 Å². The number of hydrogen-bond acceptors (Lipinski definition) is 3. The fourth-order valence-corrected chi connectivity index (χ4v) is 4.11. The number of fused-ring (bicyclic) bond motifs is 1. The zero-order chi connectivity index (χ0) is 15.4. The minimum Gasteiger partial charge on any atom is -0.380 e. The molecule has 1 aromatic carbocycles. The molecular formula is C18H21NO2S. The van der Waals surface area contributed by atoms with Crippen LogP contribution in [0, 0.1) is 0 Å². The average Bonchev–Trinajstić information content (AvgIpc) is 2.98. The van der Waals surface area contributed by atoms with Crippen LogP contribution in [-0.2, 0) is 30.7 Å². The van der Waals surface area contributed by atoms with Gasteiger partial charge >= 0.3 is 0 Å². The summed E-state index contributed by atoms with van der Waals surface area (Å²) in [6.07, 6.45) is 4.62. The largest absolute Gasteiger partial charge is 0.380 e. The highest BCUT2D eigenvalue weighted by Crippen LogP contribution is 2.30. The molecule has 22 heavy (non-hydrogen) atoms. The maximum absolute atomic E-state index is 12.5. The molecule has 1 aromatic heterocycles. The van der Waals surface area contributed by atoms with Crippen molar-refractivity contribution in [3.63, 3.8) is 0 Å². The van der Waals surface area contributed by atoms with Gasteiger partial charge in [0.2, 0.25) is 0 Å². The van der Waals surface area contributed by atoms with Crippen molar-refractivity contribution in [1.29, 1.82) is 0 Å². The van der Waals surface area contributed by atoms with Crippen molar-refractivity contribution in [2.24, 2.45) is 0 Å². The monoisotopic (exact) mass is 315 g/mol. The minimum absolute atomic E-state index is 0.0478. The molecule has 1 aliphatic rings. The van der Waals surface area contributed by atoms with Crippen LogP contribution in [0.3, 0.4) is 0 Å². The van der Waals surface area contributed by atoms with E-state index in [1.807, 2.05) is 29.6 Å². The Hall–Kier alpha value is -1.65. The zero-order valence-corrected chi connectivity index (χ0v) is 13.7. The fourth-order valence-electron chi connectivity index (χ4n) is 2.98. The van der Waals surface area contributed by atoms with Crippen LogP contribution < -0.4 is 5.32 Å². The second kappa shape index (κ2) is 7.07. The number of carbonyl (C=O) groups excluding carboxylic acids is 1. The van der Waals surface area contributed by atoms with Crippen molar-refractivity contribution in [2.45, 2.75) is 38.8 Å². The third-order valence-corrected chi connectivity index (χ3v) is 5.25. The number of nitrogens with one attached hydrogen (secondary N) is 1. The lowest BCUT2D eigenvalue weighted by Gasteiger charge is -2.13. The highest BCUT2D eigenvalue weighted by atomic mass is 32.1. The Morgan fingerprint density at radius 3 is 2.82 bits per heavy atom. The number of ether oxygens (including phenoxy) is 1. The van der Waals surface area contributed by atoms with E-state index in [4.69, 9.17) is 4.74 Å². The molecule has 0 saturated carbocycles. The number of thiophene rings is 1. The van der Waals surface area contributed by atoms with E-state index >= 15 is 0 Å². The molecule has 1 aliphatic carbocycles. The standard InChI is InChI=1S/C18H21NO2S/c1-21-11-14-7-3-2-6-13(14)10-19-18(20)16-12-22-17-9-5-4-8-15(16)17/h2-3,6-7,12H,4-5,8-11H2,1H3,(H,19,20). The van der Waals surface area contributed by atoms with Crippen molar-refractivity contribution in [3.05, 3.63) is 56.8 Å². The molecule has 3 rings (SSSR count). The van der Waals surface area contributed by atoms with Gasteiger partial charge in [0.05, 0.1) is 12.2 Å². The maximum Gasteiger partial charge on any atom is 0.252 e. The lowest BCUT2D eigenvalue weighted by Crippen LogP contribution is -2.24. The summed E-state index contributed by atoms with van der Waals surface area (Å²) in [6, 6.07) is 8.07. The maximum atomic E-state index is 12.5. The molecule has 0 saturated heterocycles. The molecule has 3 nitrogen and oxygen atoms in total. The Balaban J connectivity index is 1.69. The van der Waals surface area contributed by atoms with Crippen molar-refractivity contribution in [1.82, 2.24) is 5.32 Å². The third-order valence-electron chi connectivity index (χ3n) is 4.16. The fraction of sp³-hybridized carbons (Fsp3) is 0.389. The van der Waals surface area contributed by atoms with Gasteiger partial charge in [-0.3, -0.25) is 4.79 Å². The molecule has 0 fully saturated rings. The van der Waals surface area contributed by atoms with E-state index < -0.39 is 0 Å².